The molecule has 0 saturated carbocycles. The molecule has 0 saturated heterocycles. The van der Waals surface area contributed by atoms with Crippen molar-refractivity contribution in [1.82, 2.24) is 9.44 Å². The lowest BCUT2D eigenvalue weighted by Crippen LogP contribution is -2.47. The minimum atomic E-state index is -3.54. The molecule has 0 fully saturated rings. The van der Waals surface area contributed by atoms with Crippen molar-refractivity contribution in [3.05, 3.63) is 29.8 Å². The maximum atomic E-state index is 11.9. The van der Waals surface area contributed by atoms with Gasteiger partial charge in [-0.2, -0.15) is 17.9 Å². The third kappa shape index (κ3) is 5.03. The molecule has 102 valence electrons. The van der Waals surface area contributed by atoms with Crippen LogP contribution in [0.2, 0.25) is 0 Å². The fraction of sp³-hybridized carbons (Fsp3) is 0.500. The van der Waals surface area contributed by atoms with Crippen molar-refractivity contribution in [3.63, 3.8) is 0 Å². The summed E-state index contributed by atoms with van der Waals surface area (Å²) in [5, 5.41) is 0. The largest absolute Gasteiger partial charge is 0.399 e. The summed E-state index contributed by atoms with van der Waals surface area (Å²) in [5.74, 6) is 0. The Balaban J connectivity index is 2.79. The van der Waals surface area contributed by atoms with E-state index in [0.717, 1.165) is 5.56 Å². The van der Waals surface area contributed by atoms with Gasteiger partial charge in [0.1, 0.15) is 0 Å². The van der Waals surface area contributed by atoms with E-state index in [9.17, 15) is 8.42 Å². The second-order valence-electron chi connectivity index (χ2n) is 5.37. The third-order valence-corrected chi connectivity index (χ3v) is 3.73. The van der Waals surface area contributed by atoms with Crippen LogP contribution in [0.4, 0.5) is 5.69 Å². The lowest BCUT2D eigenvalue weighted by molar-refractivity contribution is 0.478. The van der Waals surface area contributed by atoms with Crippen LogP contribution in [-0.2, 0) is 10.2 Å². The Bertz CT molecular complexity index is 506. The molecule has 1 rings (SSSR count). The van der Waals surface area contributed by atoms with Gasteiger partial charge < -0.3 is 5.73 Å². The van der Waals surface area contributed by atoms with Crippen LogP contribution >= 0.6 is 0 Å². The molecule has 1 aromatic rings. The zero-order chi connectivity index (χ0) is 14.0. The fourth-order valence-corrected chi connectivity index (χ4v) is 3.03. The van der Waals surface area contributed by atoms with Crippen LogP contribution in [0.5, 0.6) is 0 Å². The van der Waals surface area contributed by atoms with Crippen LogP contribution in [0.3, 0.4) is 0 Å². The number of nitrogens with two attached hydrogens (primary N) is 1. The molecule has 1 unspecified atom stereocenters. The molecular weight excluding hydrogens is 250 g/mol. The number of rotatable bonds is 4. The molecule has 0 aliphatic heterocycles. The normalized spacial score (nSPS) is 14.4. The maximum Gasteiger partial charge on any atom is 0.277 e. The van der Waals surface area contributed by atoms with E-state index in [4.69, 9.17) is 5.73 Å². The van der Waals surface area contributed by atoms with Crippen LogP contribution in [0.25, 0.3) is 0 Å². The van der Waals surface area contributed by atoms with Gasteiger partial charge in [0, 0.05) is 17.3 Å². The number of benzene rings is 1. The molecule has 0 heterocycles. The van der Waals surface area contributed by atoms with Gasteiger partial charge in [-0.25, -0.2) is 0 Å². The van der Waals surface area contributed by atoms with E-state index in [0.29, 0.717) is 5.69 Å². The second-order valence-corrected chi connectivity index (χ2v) is 6.81. The van der Waals surface area contributed by atoms with Crippen molar-refractivity contribution in [2.75, 3.05) is 5.73 Å². The monoisotopic (exact) mass is 271 g/mol. The first-order chi connectivity index (χ1) is 8.09. The van der Waals surface area contributed by atoms with Crippen LogP contribution in [-0.4, -0.2) is 14.0 Å². The van der Waals surface area contributed by atoms with Gasteiger partial charge in [-0.05, 0) is 45.4 Å². The Hall–Kier alpha value is -1.11. The number of anilines is 1. The summed E-state index contributed by atoms with van der Waals surface area (Å²) >= 11 is 0. The quantitative estimate of drug-likeness (QED) is 0.726. The third-order valence-electron chi connectivity index (χ3n) is 2.18. The van der Waals surface area contributed by atoms with Crippen LogP contribution in [0.1, 0.15) is 39.3 Å². The molecule has 0 spiro atoms. The van der Waals surface area contributed by atoms with Gasteiger partial charge in [-0.15, -0.1) is 0 Å². The minimum Gasteiger partial charge on any atom is -0.399 e. The lowest BCUT2D eigenvalue weighted by atomic mass is 10.1. The summed E-state index contributed by atoms with van der Waals surface area (Å²) in [6, 6.07) is 6.81. The highest BCUT2D eigenvalue weighted by Gasteiger charge is 2.21. The SMILES string of the molecule is CC(NS(=O)(=O)NC(C)(C)C)c1cccc(N)c1. The van der Waals surface area contributed by atoms with Crippen LogP contribution in [0, 0.1) is 0 Å². The van der Waals surface area contributed by atoms with Crippen LogP contribution < -0.4 is 15.2 Å². The van der Waals surface area contributed by atoms with E-state index in [1.165, 1.54) is 0 Å². The van der Waals surface area contributed by atoms with Gasteiger partial charge in [0.25, 0.3) is 10.2 Å². The summed E-state index contributed by atoms with van der Waals surface area (Å²) in [5.41, 5.74) is 6.60. The van der Waals surface area contributed by atoms with Crippen molar-refractivity contribution < 1.29 is 8.42 Å². The average molecular weight is 271 g/mol. The number of hydrogen-bond acceptors (Lipinski definition) is 3. The van der Waals surface area contributed by atoms with Crippen molar-refractivity contribution >= 4 is 15.9 Å². The van der Waals surface area contributed by atoms with E-state index in [-0.39, 0.29) is 6.04 Å². The zero-order valence-electron chi connectivity index (χ0n) is 11.2. The first-order valence-electron chi connectivity index (χ1n) is 5.76. The molecule has 0 bridgehead atoms. The van der Waals surface area contributed by atoms with E-state index in [2.05, 4.69) is 9.44 Å². The maximum absolute atomic E-state index is 11.9. The van der Waals surface area contributed by atoms with Gasteiger partial charge in [-0.3, -0.25) is 0 Å². The molecule has 0 aliphatic rings. The highest BCUT2D eigenvalue weighted by molar-refractivity contribution is 7.87. The van der Waals surface area contributed by atoms with E-state index >= 15 is 0 Å². The van der Waals surface area contributed by atoms with E-state index < -0.39 is 15.7 Å². The second kappa shape index (κ2) is 5.26. The molecule has 0 aromatic heterocycles. The molecule has 0 aliphatic carbocycles. The summed E-state index contributed by atoms with van der Waals surface area (Å²) in [4.78, 5) is 0. The molecule has 1 atom stereocenters. The Morgan fingerprint density at radius 2 is 1.89 bits per heavy atom. The molecule has 18 heavy (non-hydrogen) atoms. The highest BCUT2D eigenvalue weighted by atomic mass is 32.2. The standard InChI is InChI=1S/C12H21N3O2S/c1-9(10-6-5-7-11(13)8-10)14-18(16,17)15-12(2,3)4/h5-9,14-15H,13H2,1-4H3. The van der Waals surface area contributed by atoms with Gasteiger partial charge in [-0.1, -0.05) is 12.1 Å². The predicted octanol–water partition coefficient (Wildman–Crippen LogP) is 1.55. The summed E-state index contributed by atoms with van der Waals surface area (Å²) in [6.45, 7) is 7.14. The summed E-state index contributed by atoms with van der Waals surface area (Å²) in [6.07, 6.45) is 0. The smallest absolute Gasteiger partial charge is 0.277 e. The first-order valence-corrected chi connectivity index (χ1v) is 7.24. The molecule has 1 aromatic carbocycles. The molecule has 0 radical (unpaired) electrons. The predicted molar refractivity (Wildman–Crippen MR) is 74.2 cm³/mol. The molecular formula is C12H21N3O2S. The number of hydrogen-bond donors (Lipinski definition) is 3. The van der Waals surface area contributed by atoms with Crippen molar-refractivity contribution in [1.29, 1.82) is 0 Å². The highest BCUT2D eigenvalue weighted by Crippen LogP contribution is 2.16. The van der Waals surface area contributed by atoms with Gasteiger partial charge >= 0.3 is 0 Å². The average Bonchev–Trinajstić information content (AvgIpc) is 2.12. The molecule has 5 nitrogen and oxygen atoms in total. The first kappa shape index (κ1) is 14.9. The fourth-order valence-electron chi connectivity index (χ4n) is 1.56. The van der Waals surface area contributed by atoms with E-state index in [1.54, 1.807) is 45.9 Å². The Morgan fingerprint density at radius 1 is 1.28 bits per heavy atom. The van der Waals surface area contributed by atoms with Gasteiger partial charge in [0.05, 0.1) is 0 Å². The Labute approximate surface area is 109 Å². The molecule has 4 N–H and O–H groups in total. The van der Waals surface area contributed by atoms with Crippen LogP contribution in [0.15, 0.2) is 24.3 Å². The van der Waals surface area contributed by atoms with Gasteiger partial charge in [0.15, 0.2) is 0 Å². The van der Waals surface area contributed by atoms with Crippen molar-refractivity contribution in [3.8, 4) is 0 Å². The van der Waals surface area contributed by atoms with Crippen molar-refractivity contribution in [2.24, 2.45) is 0 Å². The summed E-state index contributed by atoms with van der Waals surface area (Å²) in [7, 11) is -3.54. The topological polar surface area (TPSA) is 84.2 Å². The number of nitrogens with one attached hydrogen (secondary N) is 2. The van der Waals surface area contributed by atoms with E-state index in [1.807, 2.05) is 6.07 Å². The van der Waals surface area contributed by atoms with Gasteiger partial charge in [0.2, 0.25) is 0 Å². The lowest BCUT2D eigenvalue weighted by Gasteiger charge is -2.23. The Morgan fingerprint density at radius 3 is 2.39 bits per heavy atom. The molecule has 6 heteroatoms. The molecule has 0 amide bonds. The number of nitrogen functional groups attached to an aromatic ring is 1. The van der Waals surface area contributed by atoms with Crippen molar-refractivity contribution in [2.45, 2.75) is 39.3 Å². The Kier molecular flexibility index (Phi) is 4.37. The minimum absolute atomic E-state index is 0.339. The summed E-state index contributed by atoms with van der Waals surface area (Å²) < 4.78 is 28.8. The zero-order valence-corrected chi connectivity index (χ0v) is 12.0.